The summed E-state index contributed by atoms with van der Waals surface area (Å²) in [5.74, 6) is -1.18. The molecule has 5 nitrogen and oxygen atoms in total. The Morgan fingerprint density at radius 3 is 2.71 bits per heavy atom. The molecule has 0 spiro atoms. The fourth-order valence-corrected chi connectivity index (χ4v) is 3.20. The first-order chi connectivity index (χ1) is 13.3. The summed E-state index contributed by atoms with van der Waals surface area (Å²) in [7, 11) is 0. The Morgan fingerprint density at radius 1 is 1.21 bits per heavy atom. The predicted molar refractivity (Wildman–Crippen MR) is 94.5 cm³/mol. The molecule has 1 aromatic heterocycles. The van der Waals surface area contributed by atoms with E-state index in [4.69, 9.17) is 9.15 Å². The van der Waals surface area contributed by atoms with Gasteiger partial charge in [0.05, 0.1) is 5.56 Å². The molecule has 8 heteroatoms. The van der Waals surface area contributed by atoms with Gasteiger partial charge in [0, 0.05) is 18.2 Å². The van der Waals surface area contributed by atoms with Crippen LogP contribution in [0.4, 0.5) is 13.2 Å². The van der Waals surface area contributed by atoms with Gasteiger partial charge in [-0.1, -0.05) is 12.1 Å². The van der Waals surface area contributed by atoms with Crippen LogP contribution in [0.5, 0.6) is 0 Å². The van der Waals surface area contributed by atoms with E-state index in [0.717, 1.165) is 31.4 Å². The average molecular weight is 395 g/mol. The van der Waals surface area contributed by atoms with E-state index in [1.165, 1.54) is 24.3 Å². The van der Waals surface area contributed by atoms with Gasteiger partial charge >= 0.3 is 12.1 Å². The number of nitrogens with zero attached hydrogens (tertiary/aromatic N) is 1. The summed E-state index contributed by atoms with van der Waals surface area (Å²) >= 11 is 0. The molecule has 1 aromatic carbocycles. The SMILES string of the molecule is C[C@H]1CCCCN1C(=O)COC(=O)c1ccc(-c2cccc(C(F)(F)F)c2)o1. The number of carbonyl (C=O) groups excluding carboxylic acids is 2. The lowest BCUT2D eigenvalue weighted by molar-refractivity contribution is -0.138. The van der Waals surface area contributed by atoms with Crippen molar-refractivity contribution in [3.05, 3.63) is 47.7 Å². The zero-order chi connectivity index (χ0) is 20.3. The lowest BCUT2D eigenvalue weighted by Crippen LogP contribution is -2.44. The van der Waals surface area contributed by atoms with Crippen molar-refractivity contribution in [1.82, 2.24) is 4.90 Å². The molecule has 1 amide bonds. The van der Waals surface area contributed by atoms with Gasteiger partial charge in [-0.25, -0.2) is 4.79 Å². The fraction of sp³-hybridized carbons (Fsp3) is 0.400. The van der Waals surface area contributed by atoms with Crippen LogP contribution < -0.4 is 0 Å². The molecule has 0 N–H and O–H groups in total. The minimum absolute atomic E-state index is 0.106. The smallest absolute Gasteiger partial charge is 0.416 e. The predicted octanol–water partition coefficient (Wildman–Crippen LogP) is 4.52. The highest BCUT2D eigenvalue weighted by molar-refractivity contribution is 5.89. The number of halogens is 3. The standard InChI is InChI=1S/C20H20F3NO4/c1-13-5-2-3-10-24(13)18(25)12-27-19(26)17-9-8-16(28-17)14-6-4-7-15(11-14)20(21,22)23/h4,6-9,11,13H,2-3,5,10,12H2,1H3/t13-/m0/s1. The first kappa shape index (κ1) is 20.0. The zero-order valence-corrected chi connectivity index (χ0v) is 15.3. The second kappa shape index (κ2) is 8.08. The average Bonchev–Trinajstić information content (AvgIpc) is 3.16. The number of alkyl halides is 3. The molecular formula is C20H20F3NO4. The molecule has 28 heavy (non-hydrogen) atoms. The highest BCUT2D eigenvalue weighted by Gasteiger charge is 2.31. The second-order valence-electron chi connectivity index (χ2n) is 6.75. The van der Waals surface area contributed by atoms with Crippen LogP contribution in [0.1, 0.15) is 42.3 Å². The molecule has 1 aliphatic rings. The molecule has 0 aliphatic carbocycles. The van der Waals surface area contributed by atoms with Gasteiger partial charge in [0.25, 0.3) is 5.91 Å². The summed E-state index contributed by atoms with van der Waals surface area (Å²) < 4.78 is 48.8. The summed E-state index contributed by atoms with van der Waals surface area (Å²) in [5.41, 5.74) is -0.626. The van der Waals surface area contributed by atoms with Crippen LogP contribution >= 0.6 is 0 Å². The van der Waals surface area contributed by atoms with Crippen molar-refractivity contribution in [2.75, 3.05) is 13.2 Å². The maximum absolute atomic E-state index is 12.8. The van der Waals surface area contributed by atoms with Crippen LogP contribution in [0.3, 0.4) is 0 Å². The van der Waals surface area contributed by atoms with Gasteiger partial charge in [0.2, 0.25) is 5.76 Å². The minimum Gasteiger partial charge on any atom is -0.450 e. The summed E-state index contributed by atoms with van der Waals surface area (Å²) in [6, 6.07) is 7.41. The maximum Gasteiger partial charge on any atom is 0.416 e. The van der Waals surface area contributed by atoms with Gasteiger partial charge < -0.3 is 14.1 Å². The summed E-state index contributed by atoms with van der Waals surface area (Å²) in [6.07, 6.45) is -1.58. The largest absolute Gasteiger partial charge is 0.450 e. The molecule has 2 heterocycles. The van der Waals surface area contributed by atoms with Gasteiger partial charge in [-0.3, -0.25) is 4.79 Å². The van der Waals surface area contributed by atoms with E-state index in [1.54, 1.807) is 4.90 Å². The molecule has 3 rings (SSSR count). The fourth-order valence-electron chi connectivity index (χ4n) is 3.20. The molecular weight excluding hydrogens is 375 g/mol. The third kappa shape index (κ3) is 4.55. The van der Waals surface area contributed by atoms with Gasteiger partial charge in [0.1, 0.15) is 5.76 Å². The molecule has 1 fully saturated rings. The van der Waals surface area contributed by atoms with Crippen LogP contribution in [0.25, 0.3) is 11.3 Å². The Balaban J connectivity index is 1.64. The normalized spacial score (nSPS) is 17.4. The first-order valence-corrected chi connectivity index (χ1v) is 9.00. The van der Waals surface area contributed by atoms with Gasteiger partial charge in [-0.05, 0) is 50.5 Å². The zero-order valence-electron chi connectivity index (χ0n) is 15.3. The van der Waals surface area contributed by atoms with Crippen molar-refractivity contribution in [1.29, 1.82) is 0 Å². The Labute approximate surface area is 160 Å². The van der Waals surface area contributed by atoms with E-state index in [-0.39, 0.29) is 29.0 Å². The lowest BCUT2D eigenvalue weighted by atomic mass is 10.0. The van der Waals surface area contributed by atoms with Crippen molar-refractivity contribution in [3.8, 4) is 11.3 Å². The second-order valence-corrected chi connectivity index (χ2v) is 6.75. The molecule has 0 saturated carbocycles. The van der Waals surface area contributed by atoms with Crippen LogP contribution in [0, 0.1) is 0 Å². The summed E-state index contributed by atoms with van der Waals surface area (Å²) in [5, 5.41) is 0. The molecule has 2 aromatic rings. The highest BCUT2D eigenvalue weighted by Crippen LogP contribution is 2.32. The molecule has 0 radical (unpaired) electrons. The van der Waals surface area contributed by atoms with Crippen LogP contribution in [0.2, 0.25) is 0 Å². The number of ether oxygens (including phenoxy) is 1. The molecule has 0 bridgehead atoms. The number of furan rings is 1. The van der Waals surface area contributed by atoms with E-state index in [0.29, 0.717) is 6.54 Å². The van der Waals surface area contributed by atoms with Crippen LogP contribution in [-0.4, -0.2) is 36.0 Å². The number of carbonyl (C=O) groups is 2. The Kier molecular flexibility index (Phi) is 5.76. The topological polar surface area (TPSA) is 59.8 Å². The molecule has 1 aliphatic heterocycles. The van der Waals surface area contributed by atoms with Crippen molar-refractivity contribution >= 4 is 11.9 Å². The van der Waals surface area contributed by atoms with E-state index in [2.05, 4.69) is 0 Å². The molecule has 150 valence electrons. The van der Waals surface area contributed by atoms with Gasteiger partial charge in [-0.15, -0.1) is 0 Å². The maximum atomic E-state index is 12.8. The molecule has 0 unspecified atom stereocenters. The van der Waals surface area contributed by atoms with Crippen molar-refractivity contribution in [2.45, 2.75) is 38.4 Å². The number of piperidine rings is 1. The number of rotatable bonds is 4. The summed E-state index contributed by atoms with van der Waals surface area (Å²) in [6.45, 7) is 2.19. The lowest BCUT2D eigenvalue weighted by Gasteiger charge is -2.33. The van der Waals surface area contributed by atoms with Crippen molar-refractivity contribution in [3.63, 3.8) is 0 Å². The molecule has 1 saturated heterocycles. The van der Waals surface area contributed by atoms with E-state index in [9.17, 15) is 22.8 Å². The van der Waals surface area contributed by atoms with Gasteiger partial charge in [0.15, 0.2) is 6.61 Å². The van der Waals surface area contributed by atoms with Gasteiger partial charge in [-0.2, -0.15) is 13.2 Å². The van der Waals surface area contributed by atoms with Crippen molar-refractivity contribution < 1.29 is 31.9 Å². The Hall–Kier alpha value is -2.77. The monoisotopic (exact) mass is 395 g/mol. The minimum atomic E-state index is -4.48. The van der Waals surface area contributed by atoms with Crippen LogP contribution in [-0.2, 0) is 15.7 Å². The highest BCUT2D eigenvalue weighted by atomic mass is 19.4. The number of hydrogen-bond donors (Lipinski definition) is 0. The third-order valence-corrected chi connectivity index (χ3v) is 4.73. The van der Waals surface area contributed by atoms with Crippen LogP contribution in [0.15, 0.2) is 40.8 Å². The number of benzene rings is 1. The van der Waals surface area contributed by atoms with E-state index in [1.807, 2.05) is 6.92 Å². The Morgan fingerprint density at radius 2 is 2.00 bits per heavy atom. The number of likely N-dealkylation sites (tertiary alicyclic amines) is 1. The molecule has 1 atom stereocenters. The number of amides is 1. The first-order valence-electron chi connectivity index (χ1n) is 9.00. The summed E-state index contributed by atoms with van der Waals surface area (Å²) in [4.78, 5) is 26.0. The van der Waals surface area contributed by atoms with E-state index >= 15 is 0 Å². The third-order valence-electron chi connectivity index (χ3n) is 4.73. The Bertz CT molecular complexity index is 859. The van der Waals surface area contributed by atoms with Crippen molar-refractivity contribution in [2.24, 2.45) is 0 Å². The number of esters is 1. The quantitative estimate of drug-likeness (QED) is 0.714. The van der Waals surface area contributed by atoms with E-state index < -0.39 is 24.3 Å². The number of hydrogen-bond acceptors (Lipinski definition) is 4.